The minimum Gasteiger partial charge on any atom is -0.356 e. The van der Waals surface area contributed by atoms with Gasteiger partial charge in [0.1, 0.15) is 0 Å². The van der Waals surface area contributed by atoms with Gasteiger partial charge in [-0.1, -0.05) is 34.1 Å². The van der Waals surface area contributed by atoms with Crippen LogP contribution >= 0.6 is 39.9 Å². The molecular weight excluding hydrogens is 505 g/mol. The summed E-state index contributed by atoms with van der Waals surface area (Å²) in [5.74, 6) is 1.15. The molecule has 2 N–H and O–H groups in total. The second-order valence-electron chi connectivity index (χ2n) is 6.43. The van der Waals surface area contributed by atoms with E-state index >= 15 is 0 Å². The molecule has 0 radical (unpaired) electrons. The van der Waals surface area contributed by atoms with Crippen molar-refractivity contribution in [2.45, 2.75) is 30.7 Å². The number of nitrogens with zero attached hydrogens (tertiary/aromatic N) is 1. The molecule has 3 rings (SSSR count). The number of rotatable bonds is 4. The molecule has 1 atom stereocenters. The number of hydrogen-bond donors (Lipinski definition) is 2. The molecule has 0 spiro atoms. The van der Waals surface area contributed by atoms with Gasteiger partial charge in [-0.15, -0.1) is 24.0 Å². The van der Waals surface area contributed by atoms with Crippen molar-refractivity contribution in [3.8, 4) is 0 Å². The molecule has 0 bridgehead atoms. The van der Waals surface area contributed by atoms with E-state index in [9.17, 15) is 8.42 Å². The van der Waals surface area contributed by atoms with Gasteiger partial charge in [0.05, 0.1) is 11.5 Å². The number of benzene rings is 1. The van der Waals surface area contributed by atoms with Crippen LogP contribution in [-0.2, 0) is 15.3 Å². The molecule has 5 nitrogen and oxygen atoms in total. The molecule has 1 saturated heterocycles. The fourth-order valence-electron chi connectivity index (χ4n) is 3.13. The van der Waals surface area contributed by atoms with Crippen LogP contribution in [0.2, 0.25) is 0 Å². The SMILES string of the molecule is CN=C(NCC1(c2ccccc2Br)CC1)NC1CCS(=O)(=O)C1.I. The molecule has 1 aliphatic heterocycles. The van der Waals surface area contributed by atoms with Crippen LogP contribution in [0.1, 0.15) is 24.8 Å². The van der Waals surface area contributed by atoms with E-state index < -0.39 is 9.84 Å². The van der Waals surface area contributed by atoms with Gasteiger partial charge >= 0.3 is 0 Å². The van der Waals surface area contributed by atoms with Crippen molar-refractivity contribution in [2.75, 3.05) is 25.1 Å². The molecule has 1 heterocycles. The summed E-state index contributed by atoms with van der Waals surface area (Å²) in [6, 6.07) is 8.30. The fraction of sp³-hybridized carbons (Fsp3) is 0.562. The summed E-state index contributed by atoms with van der Waals surface area (Å²) in [5.41, 5.74) is 1.48. The number of guanidine groups is 1. The molecule has 24 heavy (non-hydrogen) atoms. The van der Waals surface area contributed by atoms with E-state index in [0.29, 0.717) is 12.4 Å². The number of halogens is 2. The number of nitrogens with one attached hydrogen (secondary N) is 2. The Hall–Kier alpha value is -0.350. The van der Waals surface area contributed by atoms with Gasteiger partial charge in [0, 0.05) is 29.5 Å². The van der Waals surface area contributed by atoms with Crippen LogP contribution in [0.4, 0.5) is 0 Å². The van der Waals surface area contributed by atoms with Gasteiger partial charge in [-0.2, -0.15) is 0 Å². The van der Waals surface area contributed by atoms with Crippen molar-refractivity contribution in [3.05, 3.63) is 34.3 Å². The zero-order chi connectivity index (χ0) is 16.5. The van der Waals surface area contributed by atoms with Gasteiger partial charge in [0.25, 0.3) is 0 Å². The van der Waals surface area contributed by atoms with E-state index in [-0.39, 0.29) is 46.9 Å². The maximum atomic E-state index is 11.6. The molecule has 1 unspecified atom stereocenters. The number of hydrogen-bond acceptors (Lipinski definition) is 3. The average Bonchev–Trinajstić information content (AvgIpc) is 3.22. The van der Waals surface area contributed by atoms with Crippen LogP contribution < -0.4 is 10.6 Å². The molecule has 1 saturated carbocycles. The Morgan fingerprint density at radius 1 is 1.38 bits per heavy atom. The summed E-state index contributed by atoms with van der Waals surface area (Å²) < 4.78 is 24.3. The van der Waals surface area contributed by atoms with Crippen LogP contribution in [-0.4, -0.2) is 45.5 Å². The minimum atomic E-state index is -2.88. The molecule has 134 valence electrons. The summed E-state index contributed by atoms with van der Waals surface area (Å²) >= 11 is 3.64. The van der Waals surface area contributed by atoms with Crippen LogP contribution in [0.5, 0.6) is 0 Å². The third kappa shape index (κ3) is 4.63. The predicted octanol–water partition coefficient (Wildman–Crippen LogP) is 2.45. The summed E-state index contributed by atoms with van der Waals surface area (Å²) in [7, 11) is -1.16. The third-order valence-electron chi connectivity index (χ3n) is 4.69. The topological polar surface area (TPSA) is 70.6 Å². The first-order valence-corrected chi connectivity index (χ1v) is 10.5. The highest BCUT2D eigenvalue weighted by Crippen LogP contribution is 2.49. The first-order chi connectivity index (χ1) is 10.9. The van der Waals surface area contributed by atoms with Crippen LogP contribution in [0.3, 0.4) is 0 Å². The first kappa shape index (κ1) is 20.0. The Morgan fingerprint density at radius 3 is 2.62 bits per heavy atom. The maximum absolute atomic E-state index is 11.6. The Kier molecular flexibility index (Phi) is 6.58. The van der Waals surface area contributed by atoms with E-state index in [1.807, 2.05) is 6.07 Å². The molecule has 1 aliphatic carbocycles. The van der Waals surface area contributed by atoms with E-state index in [2.05, 4.69) is 49.8 Å². The van der Waals surface area contributed by atoms with Gasteiger partial charge in [-0.25, -0.2) is 8.42 Å². The normalized spacial score (nSPS) is 24.1. The lowest BCUT2D eigenvalue weighted by atomic mass is 9.96. The van der Waals surface area contributed by atoms with E-state index in [1.54, 1.807) is 7.05 Å². The van der Waals surface area contributed by atoms with E-state index in [0.717, 1.165) is 23.9 Å². The highest BCUT2D eigenvalue weighted by atomic mass is 127. The Labute approximate surface area is 169 Å². The Morgan fingerprint density at radius 2 is 2.08 bits per heavy atom. The number of aliphatic imine (C=N–C) groups is 1. The molecule has 1 aromatic rings. The van der Waals surface area contributed by atoms with Gasteiger partial charge in [-0.3, -0.25) is 4.99 Å². The summed E-state index contributed by atoms with van der Waals surface area (Å²) in [5, 5.41) is 6.61. The van der Waals surface area contributed by atoms with Crippen LogP contribution in [0.25, 0.3) is 0 Å². The zero-order valence-corrected chi connectivity index (χ0v) is 18.3. The minimum absolute atomic E-state index is 0. The van der Waals surface area contributed by atoms with Crippen molar-refractivity contribution < 1.29 is 8.42 Å². The van der Waals surface area contributed by atoms with Crippen LogP contribution in [0, 0.1) is 0 Å². The van der Waals surface area contributed by atoms with Gasteiger partial charge in [-0.05, 0) is 30.9 Å². The monoisotopic (exact) mass is 527 g/mol. The highest BCUT2D eigenvalue weighted by Gasteiger charge is 2.45. The van der Waals surface area contributed by atoms with Crippen LogP contribution in [0.15, 0.2) is 33.7 Å². The molecule has 0 amide bonds. The molecule has 2 fully saturated rings. The van der Waals surface area contributed by atoms with Crippen molar-refractivity contribution in [1.29, 1.82) is 0 Å². The second kappa shape index (κ2) is 7.90. The van der Waals surface area contributed by atoms with Gasteiger partial charge in [0.2, 0.25) is 0 Å². The first-order valence-electron chi connectivity index (χ1n) is 7.87. The molecule has 8 heteroatoms. The van der Waals surface area contributed by atoms with Gasteiger partial charge < -0.3 is 10.6 Å². The fourth-order valence-corrected chi connectivity index (χ4v) is 5.51. The number of sulfone groups is 1. The largest absolute Gasteiger partial charge is 0.356 e. The lowest BCUT2D eigenvalue weighted by Gasteiger charge is -2.21. The summed E-state index contributed by atoms with van der Waals surface area (Å²) in [4.78, 5) is 4.23. The van der Waals surface area contributed by atoms with E-state index in [4.69, 9.17) is 0 Å². The lowest BCUT2D eigenvalue weighted by molar-refractivity contribution is 0.597. The maximum Gasteiger partial charge on any atom is 0.191 e. The van der Waals surface area contributed by atoms with Crippen molar-refractivity contribution >= 4 is 55.7 Å². The van der Waals surface area contributed by atoms with Crippen molar-refractivity contribution in [3.63, 3.8) is 0 Å². The third-order valence-corrected chi connectivity index (χ3v) is 7.15. The van der Waals surface area contributed by atoms with E-state index in [1.165, 1.54) is 5.56 Å². The van der Waals surface area contributed by atoms with Gasteiger partial charge in [0.15, 0.2) is 15.8 Å². The summed E-state index contributed by atoms with van der Waals surface area (Å²) in [6.45, 7) is 0.800. The zero-order valence-electron chi connectivity index (χ0n) is 13.6. The molecular formula is C16H23BrIN3O2S. The Bertz CT molecular complexity index is 720. The predicted molar refractivity (Wildman–Crippen MR) is 112 cm³/mol. The average molecular weight is 528 g/mol. The summed E-state index contributed by atoms with van der Waals surface area (Å²) in [6.07, 6.45) is 2.95. The quantitative estimate of drug-likeness (QED) is 0.358. The van der Waals surface area contributed by atoms with Crippen molar-refractivity contribution in [1.82, 2.24) is 10.6 Å². The molecule has 2 aliphatic rings. The standard InChI is InChI=1S/C16H22BrN3O2S.HI/c1-18-15(20-12-6-9-23(21,22)10-12)19-11-16(7-8-16)13-4-2-3-5-14(13)17;/h2-5,12H,6-11H2,1H3,(H2,18,19,20);1H. The Balaban J connectivity index is 0.00000208. The second-order valence-corrected chi connectivity index (χ2v) is 9.51. The lowest BCUT2D eigenvalue weighted by Crippen LogP contribution is -2.46. The molecule has 1 aromatic carbocycles. The highest BCUT2D eigenvalue weighted by molar-refractivity contribution is 14.0. The smallest absolute Gasteiger partial charge is 0.191 e. The van der Waals surface area contributed by atoms with Crippen molar-refractivity contribution in [2.24, 2.45) is 4.99 Å². The molecule has 0 aromatic heterocycles.